The molecule has 6 heteroatoms. The quantitative estimate of drug-likeness (QED) is 0.909. The first-order valence-electron chi connectivity index (χ1n) is 6.89. The number of aromatic nitrogens is 1. The van der Waals surface area contributed by atoms with Crippen molar-refractivity contribution >= 4 is 33.2 Å². The number of fused-ring (bicyclic) bond motifs is 1. The number of benzene rings is 1. The highest BCUT2D eigenvalue weighted by Gasteiger charge is 2.24. The molecule has 1 aliphatic heterocycles. The van der Waals surface area contributed by atoms with E-state index < -0.39 is 0 Å². The molecule has 0 spiro atoms. The normalized spacial score (nSPS) is 14.1. The lowest BCUT2D eigenvalue weighted by atomic mass is 10.00. The van der Waals surface area contributed by atoms with Gasteiger partial charge in [0.05, 0.1) is 5.01 Å². The Kier molecular flexibility index (Phi) is 4.37. The van der Waals surface area contributed by atoms with Crippen molar-refractivity contribution in [2.45, 2.75) is 19.4 Å². The summed E-state index contributed by atoms with van der Waals surface area (Å²) >= 11 is 5.08. The maximum absolute atomic E-state index is 12.6. The van der Waals surface area contributed by atoms with Crippen molar-refractivity contribution in [3.8, 4) is 0 Å². The van der Waals surface area contributed by atoms with Crippen LogP contribution in [0, 0.1) is 0 Å². The first kappa shape index (κ1) is 14.7. The Morgan fingerprint density at radius 3 is 3.14 bits per heavy atom. The Labute approximate surface area is 136 Å². The highest BCUT2D eigenvalue weighted by Crippen LogP contribution is 2.27. The van der Waals surface area contributed by atoms with Gasteiger partial charge in [-0.2, -0.15) is 0 Å². The third kappa shape index (κ3) is 3.02. The van der Waals surface area contributed by atoms with Crippen molar-refractivity contribution in [1.82, 2.24) is 9.88 Å². The van der Waals surface area contributed by atoms with Gasteiger partial charge in [0.2, 0.25) is 0 Å². The smallest absolute Gasteiger partial charge is 0.273 e. The fourth-order valence-electron chi connectivity index (χ4n) is 2.52. The van der Waals surface area contributed by atoms with E-state index in [4.69, 9.17) is 5.73 Å². The van der Waals surface area contributed by atoms with Gasteiger partial charge in [-0.3, -0.25) is 4.79 Å². The molecule has 1 aromatic carbocycles. The number of carbonyl (C=O) groups is 1. The Morgan fingerprint density at radius 1 is 1.48 bits per heavy atom. The summed E-state index contributed by atoms with van der Waals surface area (Å²) in [7, 11) is 0. The summed E-state index contributed by atoms with van der Waals surface area (Å²) in [6.45, 7) is 1.94. The maximum Gasteiger partial charge on any atom is 0.273 e. The molecule has 2 aromatic rings. The van der Waals surface area contributed by atoms with Crippen LogP contribution in [0.15, 0.2) is 28.1 Å². The molecule has 0 atom stereocenters. The zero-order valence-corrected chi connectivity index (χ0v) is 13.9. The SMILES string of the molecule is NCCc1nc(C(=O)N2CCc3cccc(Br)c3C2)cs1. The van der Waals surface area contributed by atoms with Crippen LogP contribution in [0.3, 0.4) is 0 Å². The number of nitrogens with two attached hydrogens (primary N) is 1. The number of thiazole rings is 1. The molecule has 2 N–H and O–H groups in total. The van der Waals surface area contributed by atoms with Gasteiger partial charge in [-0.25, -0.2) is 4.98 Å². The van der Waals surface area contributed by atoms with Crippen molar-refractivity contribution in [1.29, 1.82) is 0 Å². The van der Waals surface area contributed by atoms with E-state index in [1.54, 1.807) is 0 Å². The van der Waals surface area contributed by atoms with Crippen molar-refractivity contribution < 1.29 is 4.79 Å². The van der Waals surface area contributed by atoms with E-state index in [1.807, 2.05) is 22.4 Å². The molecule has 2 heterocycles. The van der Waals surface area contributed by atoms with Crippen LogP contribution in [0.4, 0.5) is 0 Å². The minimum Gasteiger partial charge on any atom is -0.333 e. The van der Waals surface area contributed by atoms with Crippen LogP contribution in [0.2, 0.25) is 0 Å². The summed E-state index contributed by atoms with van der Waals surface area (Å²) in [5, 5.41) is 2.77. The molecular weight excluding hydrogens is 350 g/mol. The molecule has 1 aliphatic rings. The molecule has 110 valence electrons. The van der Waals surface area contributed by atoms with Crippen molar-refractivity contribution in [3.05, 3.63) is 49.9 Å². The largest absolute Gasteiger partial charge is 0.333 e. The molecule has 0 fully saturated rings. The van der Waals surface area contributed by atoms with Crippen LogP contribution in [-0.4, -0.2) is 28.9 Å². The van der Waals surface area contributed by atoms with Gasteiger partial charge in [-0.1, -0.05) is 28.1 Å². The zero-order valence-electron chi connectivity index (χ0n) is 11.5. The van der Waals surface area contributed by atoms with Crippen LogP contribution in [0.5, 0.6) is 0 Å². The van der Waals surface area contributed by atoms with E-state index in [9.17, 15) is 4.79 Å². The van der Waals surface area contributed by atoms with Crippen LogP contribution in [-0.2, 0) is 19.4 Å². The zero-order chi connectivity index (χ0) is 14.8. The molecular formula is C15H16BrN3OS. The average Bonchev–Trinajstić information content (AvgIpc) is 2.96. The number of hydrogen-bond donors (Lipinski definition) is 1. The minimum atomic E-state index is 0.0101. The van der Waals surface area contributed by atoms with Crippen LogP contribution >= 0.6 is 27.3 Å². The van der Waals surface area contributed by atoms with Gasteiger partial charge in [-0.05, 0) is 30.2 Å². The van der Waals surface area contributed by atoms with Gasteiger partial charge in [-0.15, -0.1) is 11.3 Å². The molecule has 0 unspecified atom stereocenters. The highest BCUT2D eigenvalue weighted by atomic mass is 79.9. The molecule has 1 amide bonds. The van der Waals surface area contributed by atoms with Crippen molar-refractivity contribution in [3.63, 3.8) is 0 Å². The summed E-state index contributed by atoms with van der Waals surface area (Å²) in [5.74, 6) is 0.0101. The summed E-state index contributed by atoms with van der Waals surface area (Å²) in [5.41, 5.74) is 8.58. The van der Waals surface area contributed by atoms with Crippen LogP contribution in [0.1, 0.15) is 26.6 Å². The van der Waals surface area contributed by atoms with E-state index in [-0.39, 0.29) is 5.91 Å². The van der Waals surface area contributed by atoms with Crippen LogP contribution < -0.4 is 5.73 Å². The van der Waals surface area contributed by atoms with Gasteiger partial charge >= 0.3 is 0 Å². The minimum absolute atomic E-state index is 0.0101. The second-order valence-electron chi connectivity index (χ2n) is 5.02. The first-order chi connectivity index (χ1) is 10.2. The first-order valence-corrected chi connectivity index (χ1v) is 8.56. The Balaban J connectivity index is 1.78. The number of halogens is 1. The maximum atomic E-state index is 12.6. The summed E-state index contributed by atoms with van der Waals surface area (Å²) in [6.07, 6.45) is 1.62. The molecule has 0 saturated heterocycles. The molecule has 3 rings (SSSR count). The highest BCUT2D eigenvalue weighted by molar-refractivity contribution is 9.10. The standard InChI is InChI=1S/C15H16BrN3OS/c16-12-3-1-2-10-5-7-19(8-11(10)12)15(20)13-9-21-14(18-13)4-6-17/h1-3,9H,4-8,17H2. The lowest BCUT2D eigenvalue weighted by Gasteiger charge is -2.29. The van der Waals surface area contributed by atoms with E-state index >= 15 is 0 Å². The summed E-state index contributed by atoms with van der Waals surface area (Å²) in [4.78, 5) is 18.8. The van der Waals surface area contributed by atoms with Gasteiger partial charge in [0.15, 0.2) is 0 Å². The number of amides is 1. The summed E-state index contributed by atoms with van der Waals surface area (Å²) in [6, 6.07) is 6.19. The van der Waals surface area contributed by atoms with E-state index in [0.717, 1.165) is 28.9 Å². The van der Waals surface area contributed by atoms with Gasteiger partial charge < -0.3 is 10.6 Å². The van der Waals surface area contributed by atoms with Gasteiger partial charge in [0.25, 0.3) is 5.91 Å². The van der Waals surface area contributed by atoms with E-state index in [1.165, 1.54) is 22.5 Å². The van der Waals surface area contributed by atoms with Gasteiger partial charge in [0.1, 0.15) is 5.69 Å². The van der Waals surface area contributed by atoms with E-state index in [0.29, 0.717) is 18.8 Å². The fraction of sp³-hybridized carbons (Fsp3) is 0.333. The Hall–Kier alpha value is -1.24. The molecule has 1 aromatic heterocycles. The van der Waals surface area contributed by atoms with Crippen LogP contribution in [0.25, 0.3) is 0 Å². The molecule has 21 heavy (non-hydrogen) atoms. The molecule has 0 bridgehead atoms. The fourth-order valence-corrected chi connectivity index (χ4v) is 3.84. The predicted molar refractivity (Wildman–Crippen MR) is 87.5 cm³/mol. The third-order valence-corrected chi connectivity index (χ3v) is 5.28. The Bertz CT molecular complexity index is 671. The monoisotopic (exact) mass is 365 g/mol. The van der Waals surface area contributed by atoms with Crippen molar-refractivity contribution in [2.24, 2.45) is 5.73 Å². The molecule has 0 aliphatic carbocycles. The van der Waals surface area contributed by atoms with Gasteiger partial charge in [0, 0.05) is 29.4 Å². The number of carbonyl (C=O) groups excluding carboxylic acids is 1. The number of nitrogens with zero attached hydrogens (tertiary/aromatic N) is 2. The number of rotatable bonds is 3. The summed E-state index contributed by atoms with van der Waals surface area (Å²) < 4.78 is 1.07. The lowest BCUT2D eigenvalue weighted by molar-refractivity contribution is 0.0729. The second-order valence-corrected chi connectivity index (χ2v) is 6.82. The average molecular weight is 366 g/mol. The third-order valence-electron chi connectivity index (χ3n) is 3.63. The van der Waals surface area contributed by atoms with E-state index in [2.05, 4.69) is 27.0 Å². The molecule has 4 nitrogen and oxygen atoms in total. The second kappa shape index (κ2) is 6.25. The topological polar surface area (TPSA) is 59.2 Å². The van der Waals surface area contributed by atoms with Crippen molar-refractivity contribution in [2.75, 3.05) is 13.1 Å². The number of hydrogen-bond acceptors (Lipinski definition) is 4. The lowest BCUT2D eigenvalue weighted by Crippen LogP contribution is -2.36. The molecule has 0 radical (unpaired) electrons. The predicted octanol–water partition coefficient (Wildman–Crippen LogP) is 2.61. The Morgan fingerprint density at radius 2 is 2.33 bits per heavy atom. The molecule has 0 saturated carbocycles.